The van der Waals surface area contributed by atoms with Gasteiger partial charge < -0.3 is 16.4 Å². The summed E-state index contributed by atoms with van der Waals surface area (Å²) in [5.41, 5.74) is 7.67. The lowest BCUT2D eigenvalue weighted by molar-refractivity contribution is -0.116. The molecule has 0 bridgehead atoms. The van der Waals surface area contributed by atoms with Crippen LogP contribution in [0.4, 0.5) is 11.4 Å². The molecule has 5 nitrogen and oxygen atoms in total. The number of amides is 2. The molecule has 0 fully saturated rings. The van der Waals surface area contributed by atoms with Gasteiger partial charge in [-0.15, -0.1) is 12.4 Å². The molecule has 2 amide bonds. The Hall–Kier alpha value is -1.59. The van der Waals surface area contributed by atoms with Crippen molar-refractivity contribution in [1.29, 1.82) is 0 Å². The monoisotopic (exact) mass is 285 g/mol. The summed E-state index contributed by atoms with van der Waals surface area (Å²) in [5.74, 6) is -0.206. The molecule has 0 saturated heterocycles. The first-order valence-corrected chi connectivity index (χ1v) is 5.91. The molecule has 6 heteroatoms. The lowest BCUT2D eigenvalue weighted by Gasteiger charge is -2.10. The summed E-state index contributed by atoms with van der Waals surface area (Å²) >= 11 is 0. The summed E-state index contributed by atoms with van der Waals surface area (Å²) in [7, 11) is 0. The Morgan fingerprint density at radius 1 is 1.26 bits per heavy atom. The predicted octanol–water partition coefficient (Wildman–Crippen LogP) is 2.05. The second-order valence-corrected chi connectivity index (χ2v) is 4.15. The highest BCUT2D eigenvalue weighted by Gasteiger charge is 2.05. The van der Waals surface area contributed by atoms with Crippen LogP contribution in [0, 0.1) is 6.92 Å². The Kier molecular flexibility index (Phi) is 7.79. The first-order valence-electron chi connectivity index (χ1n) is 5.91. The molecule has 0 saturated carbocycles. The Morgan fingerprint density at radius 3 is 2.53 bits per heavy atom. The molecule has 1 aromatic rings. The van der Waals surface area contributed by atoms with Gasteiger partial charge in [0.15, 0.2) is 0 Å². The van der Waals surface area contributed by atoms with Crippen molar-refractivity contribution in [2.75, 3.05) is 17.2 Å². The van der Waals surface area contributed by atoms with E-state index in [4.69, 9.17) is 5.73 Å². The van der Waals surface area contributed by atoms with Gasteiger partial charge in [-0.25, -0.2) is 0 Å². The van der Waals surface area contributed by atoms with E-state index in [2.05, 4.69) is 10.6 Å². The number of nitrogens with two attached hydrogens (primary N) is 1. The summed E-state index contributed by atoms with van der Waals surface area (Å²) in [6, 6.07) is 5.40. The molecule has 0 aromatic heterocycles. The number of anilines is 2. The summed E-state index contributed by atoms with van der Waals surface area (Å²) < 4.78 is 0. The van der Waals surface area contributed by atoms with E-state index in [1.807, 2.05) is 13.0 Å². The van der Waals surface area contributed by atoms with Crippen molar-refractivity contribution in [3.8, 4) is 0 Å². The van der Waals surface area contributed by atoms with Gasteiger partial charge in [-0.3, -0.25) is 9.59 Å². The molecule has 0 unspecified atom stereocenters. The third-order valence-corrected chi connectivity index (χ3v) is 2.44. The molecule has 0 aliphatic carbocycles. The van der Waals surface area contributed by atoms with Gasteiger partial charge in [0.1, 0.15) is 0 Å². The zero-order valence-electron chi connectivity index (χ0n) is 11.2. The highest BCUT2D eigenvalue weighted by Crippen LogP contribution is 2.20. The average molecular weight is 286 g/mol. The number of carbonyl (C=O) groups excluding carboxylic acids is 2. The molecule has 0 radical (unpaired) electrons. The SMILES string of the molecule is CC(=O)Nc1cc(NC(=O)CCCN)ccc1C.Cl. The van der Waals surface area contributed by atoms with E-state index in [1.165, 1.54) is 6.92 Å². The Labute approximate surface area is 119 Å². The van der Waals surface area contributed by atoms with E-state index in [-0.39, 0.29) is 24.2 Å². The van der Waals surface area contributed by atoms with E-state index >= 15 is 0 Å². The van der Waals surface area contributed by atoms with Gasteiger partial charge in [0.25, 0.3) is 0 Å². The maximum Gasteiger partial charge on any atom is 0.224 e. The second-order valence-electron chi connectivity index (χ2n) is 4.15. The molecule has 19 heavy (non-hydrogen) atoms. The van der Waals surface area contributed by atoms with Crippen LogP contribution in [0.15, 0.2) is 18.2 Å². The highest BCUT2D eigenvalue weighted by molar-refractivity contribution is 5.93. The molecule has 4 N–H and O–H groups in total. The topological polar surface area (TPSA) is 84.2 Å². The van der Waals surface area contributed by atoms with Crippen LogP contribution in [0.2, 0.25) is 0 Å². The second kappa shape index (κ2) is 8.50. The number of halogens is 1. The molecule has 0 spiro atoms. The summed E-state index contributed by atoms with van der Waals surface area (Å²) in [4.78, 5) is 22.6. The Balaban J connectivity index is 0.00000324. The van der Waals surface area contributed by atoms with Gasteiger partial charge in [0, 0.05) is 24.7 Å². The fourth-order valence-electron chi connectivity index (χ4n) is 1.51. The normalized spacial score (nSPS) is 9.42. The third-order valence-electron chi connectivity index (χ3n) is 2.44. The van der Waals surface area contributed by atoms with Crippen molar-refractivity contribution in [1.82, 2.24) is 0 Å². The van der Waals surface area contributed by atoms with Crippen molar-refractivity contribution in [2.45, 2.75) is 26.7 Å². The molecule has 0 heterocycles. The van der Waals surface area contributed by atoms with Crippen LogP contribution in [0.3, 0.4) is 0 Å². The minimum atomic E-state index is -0.135. The zero-order valence-corrected chi connectivity index (χ0v) is 12.0. The van der Waals surface area contributed by atoms with Crippen LogP contribution in [0.1, 0.15) is 25.3 Å². The third kappa shape index (κ3) is 6.22. The standard InChI is InChI=1S/C13H19N3O2.ClH/c1-9-5-6-11(8-12(9)15-10(2)17)16-13(18)4-3-7-14;/h5-6,8H,3-4,7,14H2,1-2H3,(H,15,17)(H,16,18);1H. The predicted molar refractivity (Wildman–Crippen MR) is 79.6 cm³/mol. The Bertz CT molecular complexity index is 450. The molecule has 1 rings (SSSR count). The number of hydrogen-bond acceptors (Lipinski definition) is 3. The van der Waals surface area contributed by atoms with Gasteiger partial charge in [-0.1, -0.05) is 6.07 Å². The van der Waals surface area contributed by atoms with Gasteiger partial charge in [-0.2, -0.15) is 0 Å². The van der Waals surface area contributed by atoms with Gasteiger partial charge in [-0.05, 0) is 37.6 Å². The molecule has 0 aliphatic rings. The highest BCUT2D eigenvalue weighted by atomic mass is 35.5. The van der Waals surface area contributed by atoms with E-state index in [1.54, 1.807) is 12.1 Å². The molecule has 1 aromatic carbocycles. The van der Waals surface area contributed by atoms with Crippen molar-refractivity contribution in [3.05, 3.63) is 23.8 Å². The van der Waals surface area contributed by atoms with Crippen molar-refractivity contribution in [3.63, 3.8) is 0 Å². The fraction of sp³-hybridized carbons (Fsp3) is 0.385. The van der Waals surface area contributed by atoms with E-state index in [0.29, 0.717) is 30.8 Å². The number of carbonyl (C=O) groups is 2. The maximum atomic E-state index is 11.5. The fourth-order valence-corrected chi connectivity index (χ4v) is 1.51. The lowest BCUT2D eigenvalue weighted by atomic mass is 10.1. The van der Waals surface area contributed by atoms with Crippen LogP contribution in [0.25, 0.3) is 0 Å². The quantitative estimate of drug-likeness (QED) is 0.774. The number of rotatable bonds is 5. The van der Waals surface area contributed by atoms with E-state index in [9.17, 15) is 9.59 Å². The zero-order chi connectivity index (χ0) is 13.5. The number of benzene rings is 1. The Morgan fingerprint density at radius 2 is 1.95 bits per heavy atom. The molecule has 106 valence electrons. The summed E-state index contributed by atoms with van der Waals surface area (Å²) in [6.07, 6.45) is 1.07. The molecule has 0 aliphatic heterocycles. The number of aryl methyl sites for hydroxylation is 1. The van der Waals surface area contributed by atoms with Crippen molar-refractivity contribution >= 4 is 35.6 Å². The van der Waals surface area contributed by atoms with Crippen LogP contribution >= 0.6 is 12.4 Å². The lowest BCUT2D eigenvalue weighted by Crippen LogP contribution is -2.14. The maximum absolute atomic E-state index is 11.5. The van der Waals surface area contributed by atoms with Crippen LogP contribution in [-0.2, 0) is 9.59 Å². The van der Waals surface area contributed by atoms with Crippen LogP contribution < -0.4 is 16.4 Å². The summed E-state index contributed by atoms with van der Waals surface area (Å²) in [5, 5.41) is 5.49. The van der Waals surface area contributed by atoms with Gasteiger partial charge in [0.05, 0.1) is 0 Å². The van der Waals surface area contributed by atoms with E-state index in [0.717, 1.165) is 5.56 Å². The van der Waals surface area contributed by atoms with Gasteiger partial charge >= 0.3 is 0 Å². The summed E-state index contributed by atoms with van der Waals surface area (Å²) in [6.45, 7) is 3.84. The number of nitrogens with one attached hydrogen (secondary N) is 2. The molecule has 0 atom stereocenters. The average Bonchev–Trinajstić information content (AvgIpc) is 2.30. The van der Waals surface area contributed by atoms with Gasteiger partial charge in [0.2, 0.25) is 11.8 Å². The van der Waals surface area contributed by atoms with Crippen molar-refractivity contribution < 1.29 is 9.59 Å². The first kappa shape index (κ1) is 17.4. The first-order chi connectivity index (χ1) is 8.52. The smallest absolute Gasteiger partial charge is 0.224 e. The van der Waals surface area contributed by atoms with Crippen molar-refractivity contribution in [2.24, 2.45) is 5.73 Å². The number of hydrogen-bond donors (Lipinski definition) is 3. The molecular weight excluding hydrogens is 266 g/mol. The minimum absolute atomic E-state index is 0. The largest absolute Gasteiger partial charge is 0.330 e. The van der Waals surface area contributed by atoms with Crippen LogP contribution in [-0.4, -0.2) is 18.4 Å². The van der Waals surface area contributed by atoms with E-state index < -0.39 is 0 Å². The molecular formula is C13H20ClN3O2. The minimum Gasteiger partial charge on any atom is -0.330 e. The van der Waals surface area contributed by atoms with Crippen LogP contribution in [0.5, 0.6) is 0 Å².